The molecular weight excluding hydrogens is 254 g/mol. The van der Waals surface area contributed by atoms with Crippen LogP contribution in [0.1, 0.15) is 44.9 Å². The van der Waals surface area contributed by atoms with Crippen LogP contribution in [0.3, 0.4) is 0 Å². The number of imidazole rings is 1. The first-order valence-corrected chi connectivity index (χ1v) is 8.23. The summed E-state index contributed by atoms with van der Waals surface area (Å²) in [6.45, 7) is 5.49. The number of thioether (sulfide) groups is 1. The molecule has 0 spiro atoms. The fraction of sp³-hybridized carbons (Fsp3) is 0.600. The minimum absolute atomic E-state index is 0.447. The highest BCUT2D eigenvalue weighted by molar-refractivity contribution is 7.99. The van der Waals surface area contributed by atoms with E-state index in [1.54, 1.807) is 0 Å². The first-order valence-electron chi connectivity index (χ1n) is 7.18. The molecule has 3 nitrogen and oxygen atoms in total. The molecule has 0 bridgehead atoms. The highest BCUT2D eigenvalue weighted by atomic mass is 32.2. The Kier molecular flexibility index (Phi) is 3.78. The van der Waals surface area contributed by atoms with Crippen LogP contribution in [-0.4, -0.2) is 25.5 Å². The van der Waals surface area contributed by atoms with Gasteiger partial charge in [0.15, 0.2) is 5.65 Å². The highest BCUT2D eigenvalue weighted by Crippen LogP contribution is 2.29. The molecule has 102 valence electrons. The Morgan fingerprint density at radius 2 is 2.32 bits per heavy atom. The van der Waals surface area contributed by atoms with Gasteiger partial charge in [0.05, 0.1) is 0 Å². The van der Waals surface area contributed by atoms with Crippen molar-refractivity contribution >= 4 is 22.9 Å². The van der Waals surface area contributed by atoms with Gasteiger partial charge in [-0.25, -0.2) is 9.97 Å². The normalized spacial score (nSPS) is 20.3. The molecule has 1 fully saturated rings. The summed E-state index contributed by atoms with van der Waals surface area (Å²) in [5, 5.41) is 0.727. The number of fused-ring (bicyclic) bond motifs is 1. The van der Waals surface area contributed by atoms with E-state index in [4.69, 9.17) is 4.98 Å². The van der Waals surface area contributed by atoms with E-state index in [1.807, 2.05) is 12.3 Å². The molecule has 0 amide bonds. The number of pyridine rings is 1. The maximum Gasteiger partial charge on any atom is 0.160 e. The molecule has 3 heterocycles. The summed E-state index contributed by atoms with van der Waals surface area (Å²) in [6.07, 6.45) is 5.95. The summed E-state index contributed by atoms with van der Waals surface area (Å²) >= 11 is 2.11. The SMILES string of the molecule is CC(C)c1nc2cccnc2n1CC1CCCCS1. The van der Waals surface area contributed by atoms with E-state index in [0.29, 0.717) is 5.92 Å². The number of hydrogen-bond donors (Lipinski definition) is 0. The Balaban J connectivity index is 1.97. The van der Waals surface area contributed by atoms with Crippen LogP contribution in [0.5, 0.6) is 0 Å². The molecule has 2 aromatic rings. The van der Waals surface area contributed by atoms with Crippen LogP contribution < -0.4 is 0 Å². The number of aromatic nitrogens is 3. The Morgan fingerprint density at radius 1 is 1.42 bits per heavy atom. The minimum atomic E-state index is 0.447. The van der Waals surface area contributed by atoms with Crippen molar-refractivity contribution in [3.05, 3.63) is 24.2 Å². The lowest BCUT2D eigenvalue weighted by molar-refractivity contribution is 0.562. The van der Waals surface area contributed by atoms with Gasteiger partial charge in [-0.05, 0) is 30.7 Å². The van der Waals surface area contributed by atoms with E-state index in [-0.39, 0.29) is 0 Å². The van der Waals surface area contributed by atoms with Crippen LogP contribution >= 0.6 is 11.8 Å². The third-order valence-electron chi connectivity index (χ3n) is 3.71. The third-order valence-corrected chi connectivity index (χ3v) is 5.09. The minimum Gasteiger partial charge on any atom is -0.311 e. The van der Waals surface area contributed by atoms with Crippen molar-refractivity contribution in [2.75, 3.05) is 5.75 Å². The molecule has 0 saturated carbocycles. The second-order valence-electron chi connectivity index (χ2n) is 5.57. The average Bonchev–Trinajstić information content (AvgIpc) is 2.79. The lowest BCUT2D eigenvalue weighted by Crippen LogP contribution is -2.19. The van der Waals surface area contributed by atoms with Crippen LogP contribution in [0.25, 0.3) is 11.2 Å². The van der Waals surface area contributed by atoms with Gasteiger partial charge in [0.1, 0.15) is 11.3 Å². The zero-order valence-corrected chi connectivity index (χ0v) is 12.5. The van der Waals surface area contributed by atoms with E-state index in [1.165, 1.54) is 30.8 Å². The predicted octanol–water partition coefficient (Wildman–Crippen LogP) is 3.84. The summed E-state index contributed by atoms with van der Waals surface area (Å²) < 4.78 is 2.35. The molecule has 1 unspecified atom stereocenters. The fourth-order valence-electron chi connectivity index (χ4n) is 2.75. The lowest BCUT2D eigenvalue weighted by Gasteiger charge is -2.23. The van der Waals surface area contributed by atoms with E-state index < -0.39 is 0 Å². The Bertz CT molecular complexity index is 556. The number of hydrogen-bond acceptors (Lipinski definition) is 3. The highest BCUT2D eigenvalue weighted by Gasteiger charge is 2.20. The number of rotatable bonds is 3. The zero-order valence-electron chi connectivity index (χ0n) is 11.7. The fourth-order valence-corrected chi connectivity index (χ4v) is 4.04. The first-order chi connectivity index (χ1) is 9.25. The van der Waals surface area contributed by atoms with E-state index in [0.717, 1.165) is 23.0 Å². The molecular formula is C15H21N3S. The molecule has 1 saturated heterocycles. The Morgan fingerprint density at radius 3 is 3.05 bits per heavy atom. The molecule has 2 aromatic heterocycles. The van der Waals surface area contributed by atoms with Gasteiger partial charge in [-0.1, -0.05) is 20.3 Å². The summed E-state index contributed by atoms with van der Waals surface area (Å²) in [5.41, 5.74) is 2.09. The Labute approximate surface area is 118 Å². The van der Waals surface area contributed by atoms with Crippen molar-refractivity contribution in [3.63, 3.8) is 0 Å². The van der Waals surface area contributed by atoms with Crippen molar-refractivity contribution in [1.82, 2.24) is 14.5 Å². The van der Waals surface area contributed by atoms with Gasteiger partial charge >= 0.3 is 0 Å². The van der Waals surface area contributed by atoms with Gasteiger partial charge in [0.25, 0.3) is 0 Å². The van der Waals surface area contributed by atoms with Gasteiger partial charge in [-0.3, -0.25) is 0 Å². The maximum absolute atomic E-state index is 4.77. The van der Waals surface area contributed by atoms with Crippen LogP contribution in [0, 0.1) is 0 Å². The summed E-state index contributed by atoms with van der Waals surface area (Å²) in [7, 11) is 0. The molecule has 1 atom stereocenters. The molecule has 19 heavy (non-hydrogen) atoms. The molecule has 3 rings (SSSR count). The van der Waals surface area contributed by atoms with Crippen molar-refractivity contribution < 1.29 is 0 Å². The summed E-state index contributed by atoms with van der Waals surface area (Å²) in [4.78, 5) is 9.31. The van der Waals surface area contributed by atoms with Crippen LogP contribution in [0.4, 0.5) is 0 Å². The molecule has 4 heteroatoms. The predicted molar refractivity (Wildman–Crippen MR) is 81.7 cm³/mol. The number of nitrogens with zero attached hydrogens (tertiary/aromatic N) is 3. The van der Waals surface area contributed by atoms with Gasteiger partial charge in [0.2, 0.25) is 0 Å². The average molecular weight is 275 g/mol. The van der Waals surface area contributed by atoms with Crippen molar-refractivity contribution in [1.29, 1.82) is 0 Å². The monoisotopic (exact) mass is 275 g/mol. The second kappa shape index (κ2) is 5.53. The second-order valence-corrected chi connectivity index (χ2v) is 6.98. The molecule has 0 aromatic carbocycles. The molecule has 0 N–H and O–H groups in total. The van der Waals surface area contributed by atoms with Gasteiger partial charge in [-0.15, -0.1) is 0 Å². The summed E-state index contributed by atoms with van der Waals surface area (Å²) in [6, 6.07) is 4.04. The van der Waals surface area contributed by atoms with Gasteiger partial charge < -0.3 is 4.57 Å². The summed E-state index contributed by atoms with van der Waals surface area (Å²) in [5.74, 6) is 2.93. The lowest BCUT2D eigenvalue weighted by atomic mass is 10.1. The smallest absolute Gasteiger partial charge is 0.160 e. The largest absolute Gasteiger partial charge is 0.311 e. The van der Waals surface area contributed by atoms with Crippen molar-refractivity contribution in [2.45, 2.75) is 50.8 Å². The standard InChI is InChI=1S/C15H21N3S/c1-11(2)14-17-13-7-5-8-16-15(13)18(14)10-12-6-3-4-9-19-12/h5,7-8,11-12H,3-4,6,9-10H2,1-2H3. The first kappa shape index (κ1) is 13.0. The molecule has 1 aliphatic heterocycles. The van der Waals surface area contributed by atoms with E-state index >= 15 is 0 Å². The third kappa shape index (κ3) is 2.64. The topological polar surface area (TPSA) is 30.7 Å². The molecule has 1 aliphatic rings. The molecule has 0 aliphatic carbocycles. The Hall–Kier alpha value is -1.03. The van der Waals surface area contributed by atoms with Crippen molar-refractivity contribution in [2.24, 2.45) is 0 Å². The van der Waals surface area contributed by atoms with E-state index in [2.05, 4.69) is 41.2 Å². The quantitative estimate of drug-likeness (QED) is 0.852. The van der Waals surface area contributed by atoms with Gasteiger partial charge in [-0.2, -0.15) is 11.8 Å². The van der Waals surface area contributed by atoms with E-state index in [9.17, 15) is 0 Å². The zero-order chi connectivity index (χ0) is 13.2. The maximum atomic E-state index is 4.77. The van der Waals surface area contributed by atoms with Crippen LogP contribution in [0.15, 0.2) is 18.3 Å². The van der Waals surface area contributed by atoms with Crippen LogP contribution in [-0.2, 0) is 6.54 Å². The van der Waals surface area contributed by atoms with Crippen LogP contribution in [0.2, 0.25) is 0 Å². The van der Waals surface area contributed by atoms with Gasteiger partial charge in [0, 0.05) is 23.9 Å². The van der Waals surface area contributed by atoms with Crippen molar-refractivity contribution in [3.8, 4) is 0 Å². The molecule has 0 radical (unpaired) electrons.